The minimum atomic E-state index is -0.343. The molecular formula is C8H13NO2. The number of nitrogens with zero attached hydrogens (tertiary/aromatic N) is 1. The fourth-order valence-electron chi connectivity index (χ4n) is 0.912. The lowest BCUT2D eigenvalue weighted by Crippen LogP contribution is -2.20. The summed E-state index contributed by atoms with van der Waals surface area (Å²) in [6, 6.07) is 0. The van der Waals surface area contributed by atoms with E-state index in [2.05, 4.69) is 25.9 Å². The van der Waals surface area contributed by atoms with Crippen LogP contribution in [0.15, 0.2) is 5.16 Å². The fraction of sp³-hybridized carbons (Fsp3) is 0.750. The third-order valence-electron chi connectivity index (χ3n) is 1.71. The number of hydrogen-bond acceptors (Lipinski definition) is 3. The van der Waals surface area contributed by atoms with Gasteiger partial charge in [0.1, 0.15) is 0 Å². The normalized spacial score (nSPS) is 24.3. The van der Waals surface area contributed by atoms with Crippen LogP contribution in [0.4, 0.5) is 0 Å². The number of carbonyl (C=O) groups is 1. The highest BCUT2D eigenvalue weighted by Gasteiger charge is 2.28. The van der Waals surface area contributed by atoms with Gasteiger partial charge < -0.3 is 4.84 Å². The second-order valence-corrected chi connectivity index (χ2v) is 3.77. The average Bonchev–Trinajstić information content (AvgIpc) is 2.32. The summed E-state index contributed by atoms with van der Waals surface area (Å²) in [6.07, 6.45) is 1.10. The largest absolute Gasteiger partial charge is 0.384 e. The molecule has 0 aromatic carbocycles. The number of oxime groups is 1. The Morgan fingerprint density at radius 1 is 1.64 bits per heavy atom. The van der Waals surface area contributed by atoms with Crippen LogP contribution in [0.5, 0.6) is 0 Å². The van der Waals surface area contributed by atoms with E-state index in [9.17, 15) is 4.79 Å². The fourth-order valence-corrected chi connectivity index (χ4v) is 0.912. The third kappa shape index (κ3) is 1.79. The van der Waals surface area contributed by atoms with E-state index in [1.54, 1.807) is 0 Å². The Kier molecular flexibility index (Phi) is 1.98. The highest BCUT2D eigenvalue weighted by atomic mass is 16.6. The minimum Gasteiger partial charge on any atom is -0.384 e. The summed E-state index contributed by atoms with van der Waals surface area (Å²) in [6.45, 7) is 6.17. The first-order chi connectivity index (χ1) is 5.04. The van der Waals surface area contributed by atoms with Crippen molar-refractivity contribution < 1.29 is 9.63 Å². The zero-order valence-corrected chi connectivity index (χ0v) is 7.13. The van der Waals surface area contributed by atoms with Crippen LogP contribution < -0.4 is 0 Å². The Labute approximate surface area is 66.4 Å². The highest BCUT2D eigenvalue weighted by molar-refractivity contribution is 5.92. The number of aldehydes is 1. The molecule has 1 aliphatic heterocycles. The predicted octanol–water partition coefficient (Wildman–Crippen LogP) is 1.38. The van der Waals surface area contributed by atoms with Crippen LogP contribution in [0.2, 0.25) is 0 Å². The van der Waals surface area contributed by atoms with Gasteiger partial charge in [0, 0.05) is 11.8 Å². The van der Waals surface area contributed by atoms with Crippen molar-refractivity contribution in [3.05, 3.63) is 0 Å². The summed E-state index contributed by atoms with van der Waals surface area (Å²) >= 11 is 0. The van der Waals surface area contributed by atoms with Crippen LogP contribution in [0.1, 0.15) is 27.2 Å². The molecule has 0 aliphatic carbocycles. The maximum atomic E-state index is 10.3. The van der Waals surface area contributed by atoms with Gasteiger partial charge in [0.05, 0.1) is 5.71 Å². The van der Waals surface area contributed by atoms with Gasteiger partial charge in [0.15, 0.2) is 12.4 Å². The smallest absolute Gasteiger partial charge is 0.187 e. The topological polar surface area (TPSA) is 38.7 Å². The molecule has 0 bridgehead atoms. The summed E-state index contributed by atoms with van der Waals surface area (Å²) in [5, 5.41) is 3.84. The van der Waals surface area contributed by atoms with E-state index < -0.39 is 0 Å². The minimum absolute atomic E-state index is 0.0256. The molecule has 0 fully saturated rings. The van der Waals surface area contributed by atoms with Crippen LogP contribution in [-0.2, 0) is 9.63 Å². The van der Waals surface area contributed by atoms with Crippen molar-refractivity contribution in [1.29, 1.82) is 0 Å². The molecule has 1 heterocycles. The molecule has 62 valence electrons. The molecule has 0 saturated heterocycles. The quantitative estimate of drug-likeness (QED) is 0.536. The van der Waals surface area contributed by atoms with Crippen molar-refractivity contribution in [2.24, 2.45) is 10.6 Å². The van der Waals surface area contributed by atoms with Crippen molar-refractivity contribution in [2.75, 3.05) is 0 Å². The Morgan fingerprint density at radius 2 is 2.27 bits per heavy atom. The molecular weight excluding hydrogens is 142 g/mol. The second kappa shape index (κ2) is 2.64. The van der Waals surface area contributed by atoms with Crippen molar-refractivity contribution in [3.63, 3.8) is 0 Å². The molecule has 1 aliphatic rings. The molecule has 0 aromatic heterocycles. The first-order valence-electron chi connectivity index (χ1n) is 3.72. The number of carbonyl (C=O) groups excluding carboxylic acids is 1. The molecule has 0 radical (unpaired) electrons. The predicted molar refractivity (Wildman–Crippen MR) is 42.4 cm³/mol. The van der Waals surface area contributed by atoms with Gasteiger partial charge in [-0.15, -0.1) is 0 Å². The molecule has 3 nitrogen and oxygen atoms in total. The summed E-state index contributed by atoms with van der Waals surface area (Å²) in [5.41, 5.74) is 0.993. The lowest BCUT2D eigenvalue weighted by Gasteiger charge is -2.15. The van der Waals surface area contributed by atoms with Crippen molar-refractivity contribution in [1.82, 2.24) is 0 Å². The van der Waals surface area contributed by atoms with Crippen LogP contribution in [0.3, 0.4) is 0 Å². The van der Waals surface area contributed by atoms with E-state index in [0.717, 1.165) is 12.0 Å². The van der Waals surface area contributed by atoms with Gasteiger partial charge >= 0.3 is 0 Å². The highest BCUT2D eigenvalue weighted by Crippen LogP contribution is 2.24. The Balaban J connectivity index is 2.59. The first kappa shape index (κ1) is 8.24. The van der Waals surface area contributed by atoms with Gasteiger partial charge in [-0.25, -0.2) is 0 Å². The zero-order valence-electron chi connectivity index (χ0n) is 7.13. The van der Waals surface area contributed by atoms with Crippen molar-refractivity contribution in [3.8, 4) is 0 Å². The van der Waals surface area contributed by atoms with Gasteiger partial charge in [-0.3, -0.25) is 4.79 Å². The Bertz CT molecular complexity index is 191. The van der Waals surface area contributed by atoms with Crippen LogP contribution >= 0.6 is 0 Å². The molecule has 0 amide bonds. The number of rotatable bonds is 1. The zero-order chi connectivity index (χ0) is 8.48. The lowest BCUT2D eigenvalue weighted by molar-refractivity contribution is -0.116. The SMILES string of the molecule is CC(C)(C)C1=NOC(C=O)C1. The third-order valence-corrected chi connectivity index (χ3v) is 1.71. The lowest BCUT2D eigenvalue weighted by atomic mass is 9.87. The van der Waals surface area contributed by atoms with Gasteiger partial charge in [-0.05, 0) is 0 Å². The summed E-state index contributed by atoms with van der Waals surface area (Å²) in [7, 11) is 0. The van der Waals surface area contributed by atoms with Crippen LogP contribution in [0, 0.1) is 5.41 Å². The molecule has 1 atom stereocenters. The Morgan fingerprint density at radius 3 is 2.55 bits per heavy atom. The van der Waals surface area contributed by atoms with E-state index in [1.165, 1.54) is 0 Å². The molecule has 0 N–H and O–H groups in total. The molecule has 11 heavy (non-hydrogen) atoms. The second-order valence-electron chi connectivity index (χ2n) is 3.77. The average molecular weight is 155 g/mol. The monoisotopic (exact) mass is 155 g/mol. The summed E-state index contributed by atoms with van der Waals surface area (Å²) < 4.78 is 0. The first-order valence-corrected chi connectivity index (χ1v) is 3.72. The van der Waals surface area contributed by atoms with Crippen molar-refractivity contribution in [2.45, 2.75) is 33.3 Å². The number of hydrogen-bond donors (Lipinski definition) is 0. The maximum absolute atomic E-state index is 10.3. The summed E-state index contributed by atoms with van der Waals surface area (Å²) in [5.74, 6) is 0. The van der Waals surface area contributed by atoms with E-state index in [0.29, 0.717) is 6.42 Å². The molecule has 3 heteroatoms. The molecule has 1 rings (SSSR count). The molecule has 1 unspecified atom stereocenters. The van der Waals surface area contributed by atoms with E-state index in [1.807, 2.05) is 0 Å². The van der Waals surface area contributed by atoms with Crippen LogP contribution in [0.25, 0.3) is 0 Å². The molecule has 0 spiro atoms. The van der Waals surface area contributed by atoms with E-state index in [-0.39, 0.29) is 11.5 Å². The van der Waals surface area contributed by atoms with Gasteiger partial charge in [-0.1, -0.05) is 25.9 Å². The standard InChI is InChI=1S/C8H13NO2/c1-8(2,3)7-4-6(5-10)11-9-7/h5-6H,4H2,1-3H3. The van der Waals surface area contributed by atoms with Gasteiger partial charge in [0.25, 0.3) is 0 Å². The van der Waals surface area contributed by atoms with E-state index in [4.69, 9.17) is 4.84 Å². The maximum Gasteiger partial charge on any atom is 0.187 e. The van der Waals surface area contributed by atoms with E-state index >= 15 is 0 Å². The van der Waals surface area contributed by atoms with Crippen molar-refractivity contribution >= 4 is 12.0 Å². The Hall–Kier alpha value is -0.860. The molecule has 0 aromatic rings. The molecule has 0 saturated carbocycles. The van der Waals surface area contributed by atoms with Gasteiger partial charge in [0.2, 0.25) is 0 Å². The van der Waals surface area contributed by atoms with Gasteiger partial charge in [-0.2, -0.15) is 0 Å². The summed E-state index contributed by atoms with van der Waals surface area (Å²) in [4.78, 5) is 15.1. The van der Waals surface area contributed by atoms with Crippen LogP contribution in [-0.4, -0.2) is 18.1 Å².